The number of pyridine rings is 1. The van der Waals surface area contributed by atoms with Gasteiger partial charge in [-0.2, -0.15) is 0 Å². The number of likely N-dealkylation sites (tertiary alicyclic amines) is 1. The van der Waals surface area contributed by atoms with E-state index in [-0.39, 0.29) is 19.0 Å². The van der Waals surface area contributed by atoms with Gasteiger partial charge in [0.15, 0.2) is 5.65 Å². The van der Waals surface area contributed by atoms with Crippen molar-refractivity contribution in [2.75, 3.05) is 31.1 Å². The molecule has 1 aromatic carbocycles. The minimum absolute atomic E-state index is 0.0506. The summed E-state index contributed by atoms with van der Waals surface area (Å²) in [7, 11) is 0. The van der Waals surface area contributed by atoms with E-state index in [2.05, 4.69) is 31.2 Å². The number of fused-ring (bicyclic) bond motifs is 2. The van der Waals surface area contributed by atoms with Gasteiger partial charge in [0.2, 0.25) is 5.65 Å². The molecule has 2 aliphatic heterocycles. The van der Waals surface area contributed by atoms with Gasteiger partial charge in [-0.15, -0.1) is 5.10 Å². The monoisotopic (exact) mass is 436 g/mol. The van der Waals surface area contributed by atoms with Crippen molar-refractivity contribution in [3.63, 3.8) is 0 Å². The average Bonchev–Trinajstić information content (AvgIpc) is 3.52. The highest BCUT2D eigenvalue weighted by molar-refractivity contribution is 5.79. The maximum Gasteiger partial charge on any atom is 0.261 e. The zero-order valence-electron chi connectivity index (χ0n) is 17.4. The van der Waals surface area contributed by atoms with E-state index in [4.69, 9.17) is 4.98 Å². The molecule has 0 spiro atoms. The Bertz CT molecular complexity index is 1290. The van der Waals surface area contributed by atoms with Crippen LogP contribution in [-0.4, -0.2) is 73.0 Å². The van der Waals surface area contributed by atoms with Crippen LogP contribution in [0.5, 0.6) is 0 Å². The van der Waals surface area contributed by atoms with Crippen LogP contribution in [0.3, 0.4) is 0 Å². The Hall–Kier alpha value is -3.27. The molecule has 8 nitrogen and oxygen atoms in total. The number of benzene rings is 1. The van der Waals surface area contributed by atoms with E-state index in [0.29, 0.717) is 30.9 Å². The molecule has 1 atom stereocenters. The highest BCUT2D eigenvalue weighted by Crippen LogP contribution is 2.31. The highest BCUT2D eigenvalue weighted by Gasteiger charge is 2.42. The van der Waals surface area contributed by atoms with E-state index in [0.717, 1.165) is 35.2 Å². The number of hydrogen-bond donors (Lipinski definition) is 0. The normalized spacial score (nSPS) is 21.2. The second-order valence-corrected chi connectivity index (χ2v) is 8.62. The third-order valence-electron chi connectivity index (χ3n) is 6.42. The predicted octanol–water partition coefficient (Wildman–Crippen LogP) is 2.74. The quantitative estimate of drug-likeness (QED) is 0.487. The molecule has 164 valence electrons. The molecule has 2 saturated heterocycles. The molecule has 2 aliphatic rings. The largest absolute Gasteiger partial charge is 0.354 e. The fourth-order valence-electron chi connectivity index (χ4n) is 4.72. The Balaban J connectivity index is 1.23. The summed E-state index contributed by atoms with van der Waals surface area (Å²) in [5.41, 5.74) is 3.12. The lowest BCUT2D eigenvalue weighted by molar-refractivity contribution is 0.00859. The SMILES string of the molecule is FC1(F)CCN(C2CCN(c3cnc4nnn(Cc5ccc6ncccc6c5)c4n3)C2)C1. The predicted molar refractivity (Wildman–Crippen MR) is 116 cm³/mol. The summed E-state index contributed by atoms with van der Waals surface area (Å²) in [5, 5.41) is 9.47. The first-order chi connectivity index (χ1) is 15.5. The minimum Gasteiger partial charge on any atom is -0.354 e. The van der Waals surface area contributed by atoms with Crippen LogP contribution in [0.2, 0.25) is 0 Å². The molecule has 10 heteroatoms. The molecule has 5 heterocycles. The molecular formula is C22H22F2N8. The van der Waals surface area contributed by atoms with Gasteiger partial charge in [0.25, 0.3) is 5.92 Å². The first-order valence-electron chi connectivity index (χ1n) is 10.8. The molecule has 0 radical (unpaired) electrons. The maximum atomic E-state index is 13.6. The van der Waals surface area contributed by atoms with Gasteiger partial charge in [0, 0.05) is 43.7 Å². The second kappa shape index (κ2) is 7.40. The minimum atomic E-state index is -2.57. The summed E-state index contributed by atoms with van der Waals surface area (Å²) in [5.74, 6) is -1.83. The Morgan fingerprint density at radius 1 is 1.12 bits per heavy atom. The molecule has 0 amide bonds. The molecule has 3 aromatic heterocycles. The molecular weight excluding hydrogens is 414 g/mol. The number of nitrogens with zero attached hydrogens (tertiary/aromatic N) is 8. The number of anilines is 1. The average molecular weight is 436 g/mol. The summed E-state index contributed by atoms with van der Waals surface area (Å²) in [4.78, 5) is 17.6. The van der Waals surface area contributed by atoms with Crippen LogP contribution in [0.15, 0.2) is 42.7 Å². The standard InChI is InChI=1S/C22H22F2N8/c23-22(24)6-9-31(14-22)17-5-8-30(13-17)19-11-26-20-21(27-19)32(29-28-20)12-15-3-4-18-16(10-15)2-1-7-25-18/h1-4,7,10-11,17H,5-6,8-9,12-14H2. The van der Waals surface area contributed by atoms with Crippen molar-refractivity contribution in [2.45, 2.75) is 31.4 Å². The van der Waals surface area contributed by atoms with Gasteiger partial charge in [-0.3, -0.25) is 9.88 Å². The number of alkyl halides is 2. The van der Waals surface area contributed by atoms with Crippen molar-refractivity contribution < 1.29 is 8.78 Å². The zero-order chi connectivity index (χ0) is 21.7. The summed E-state index contributed by atoms with van der Waals surface area (Å²) in [6, 6.07) is 10.2. The van der Waals surface area contributed by atoms with Crippen LogP contribution < -0.4 is 4.90 Å². The van der Waals surface area contributed by atoms with Crippen LogP contribution in [0.4, 0.5) is 14.6 Å². The van der Waals surface area contributed by atoms with Crippen molar-refractivity contribution in [2.24, 2.45) is 0 Å². The van der Waals surface area contributed by atoms with Gasteiger partial charge in [-0.1, -0.05) is 17.3 Å². The topological polar surface area (TPSA) is 75.9 Å². The van der Waals surface area contributed by atoms with Gasteiger partial charge in [-0.05, 0) is 30.2 Å². The second-order valence-electron chi connectivity index (χ2n) is 8.62. The van der Waals surface area contributed by atoms with Crippen molar-refractivity contribution in [1.29, 1.82) is 0 Å². The zero-order valence-corrected chi connectivity index (χ0v) is 17.4. The van der Waals surface area contributed by atoms with E-state index < -0.39 is 5.92 Å². The molecule has 0 N–H and O–H groups in total. The Kier molecular flexibility index (Phi) is 4.49. The molecule has 2 fully saturated rings. The number of aromatic nitrogens is 6. The van der Waals surface area contributed by atoms with Gasteiger partial charge < -0.3 is 4.90 Å². The molecule has 6 rings (SSSR count). The van der Waals surface area contributed by atoms with E-state index in [1.165, 1.54) is 0 Å². The number of halogens is 2. The Morgan fingerprint density at radius 3 is 2.94 bits per heavy atom. The molecule has 32 heavy (non-hydrogen) atoms. The molecule has 0 bridgehead atoms. The summed E-state index contributed by atoms with van der Waals surface area (Å²) in [6.45, 7) is 2.27. The van der Waals surface area contributed by atoms with E-state index in [1.54, 1.807) is 17.1 Å². The van der Waals surface area contributed by atoms with E-state index in [1.807, 2.05) is 29.2 Å². The lowest BCUT2D eigenvalue weighted by atomic mass is 10.1. The lowest BCUT2D eigenvalue weighted by Gasteiger charge is -2.24. The maximum absolute atomic E-state index is 13.6. The lowest BCUT2D eigenvalue weighted by Crippen LogP contribution is -2.37. The van der Waals surface area contributed by atoms with Crippen LogP contribution in [0, 0.1) is 0 Å². The van der Waals surface area contributed by atoms with Gasteiger partial charge in [0.1, 0.15) is 5.82 Å². The van der Waals surface area contributed by atoms with Crippen LogP contribution in [-0.2, 0) is 6.54 Å². The third-order valence-corrected chi connectivity index (χ3v) is 6.42. The first-order valence-corrected chi connectivity index (χ1v) is 10.8. The summed E-state index contributed by atoms with van der Waals surface area (Å²) >= 11 is 0. The van der Waals surface area contributed by atoms with Crippen LogP contribution in [0.25, 0.3) is 22.2 Å². The van der Waals surface area contributed by atoms with Crippen molar-refractivity contribution >= 4 is 28.0 Å². The fourth-order valence-corrected chi connectivity index (χ4v) is 4.72. The summed E-state index contributed by atoms with van der Waals surface area (Å²) < 4.78 is 29.0. The van der Waals surface area contributed by atoms with E-state index >= 15 is 0 Å². The molecule has 4 aromatic rings. The molecule has 1 unspecified atom stereocenters. The molecule has 0 aliphatic carbocycles. The Morgan fingerprint density at radius 2 is 2.06 bits per heavy atom. The number of hydrogen-bond acceptors (Lipinski definition) is 7. The van der Waals surface area contributed by atoms with Crippen LogP contribution >= 0.6 is 0 Å². The van der Waals surface area contributed by atoms with Crippen LogP contribution in [0.1, 0.15) is 18.4 Å². The first kappa shape index (κ1) is 19.4. The van der Waals surface area contributed by atoms with Crippen molar-refractivity contribution in [1.82, 2.24) is 34.8 Å². The third kappa shape index (κ3) is 3.54. The smallest absolute Gasteiger partial charge is 0.261 e. The van der Waals surface area contributed by atoms with Crippen molar-refractivity contribution in [3.05, 3.63) is 48.3 Å². The summed E-state index contributed by atoms with van der Waals surface area (Å²) in [6.07, 6.45) is 4.27. The van der Waals surface area contributed by atoms with E-state index in [9.17, 15) is 8.78 Å². The van der Waals surface area contributed by atoms with Gasteiger partial charge >= 0.3 is 0 Å². The van der Waals surface area contributed by atoms with Crippen molar-refractivity contribution in [3.8, 4) is 0 Å². The van der Waals surface area contributed by atoms with Gasteiger partial charge in [0.05, 0.1) is 24.8 Å². The highest BCUT2D eigenvalue weighted by atomic mass is 19.3. The van der Waals surface area contributed by atoms with Gasteiger partial charge in [-0.25, -0.2) is 23.4 Å². The molecule has 0 saturated carbocycles. The fraction of sp³-hybridized carbons (Fsp3) is 0.409. The number of rotatable bonds is 4. The Labute approximate surface area is 182 Å².